The fourth-order valence-electron chi connectivity index (χ4n) is 1.05. The molecule has 0 aliphatic heterocycles. The molecule has 2 N–H and O–H groups in total. The first kappa shape index (κ1) is 13.2. The van der Waals surface area contributed by atoms with E-state index in [9.17, 15) is 0 Å². The number of hydrogen-bond donors (Lipinski definition) is 2. The van der Waals surface area contributed by atoms with Crippen molar-refractivity contribution in [3.63, 3.8) is 0 Å². The van der Waals surface area contributed by atoms with Crippen molar-refractivity contribution in [3.8, 4) is 0 Å². The monoisotopic (exact) mass is 207 g/mol. The molecule has 13 heavy (non-hydrogen) atoms. The molecule has 80 valence electrons. The lowest BCUT2D eigenvalue weighted by Crippen LogP contribution is -2.35. The highest BCUT2D eigenvalue weighted by Crippen LogP contribution is 2.04. The first-order chi connectivity index (χ1) is 6.35. The zero-order valence-electron chi connectivity index (χ0n) is 8.58. The Morgan fingerprint density at radius 2 is 2.31 bits per heavy atom. The first-order valence-corrected chi connectivity index (χ1v) is 5.91. The van der Waals surface area contributed by atoms with E-state index in [4.69, 9.17) is 9.84 Å². The summed E-state index contributed by atoms with van der Waals surface area (Å²) in [6.07, 6.45) is 0.885. The Morgan fingerprint density at radius 3 is 2.85 bits per heavy atom. The minimum atomic E-state index is 0.295. The van der Waals surface area contributed by atoms with Crippen molar-refractivity contribution in [2.45, 2.75) is 19.4 Å². The molecule has 0 fully saturated rings. The fourth-order valence-corrected chi connectivity index (χ4v) is 2.05. The van der Waals surface area contributed by atoms with Crippen molar-refractivity contribution < 1.29 is 9.84 Å². The molecule has 1 atom stereocenters. The van der Waals surface area contributed by atoms with E-state index in [-0.39, 0.29) is 0 Å². The maximum atomic E-state index is 8.58. The summed E-state index contributed by atoms with van der Waals surface area (Å²) in [6, 6.07) is 0.443. The van der Waals surface area contributed by atoms with Crippen LogP contribution in [0.2, 0.25) is 0 Å². The fraction of sp³-hybridized carbons (Fsp3) is 1.00. The van der Waals surface area contributed by atoms with Crippen LogP contribution in [-0.4, -0.2) is 49.5 Å². The van der Waals surface area contributed by atoms with Gasteiger partial charge in [-0.05, 0) is 18.7 Å². The van der Waals surface area contributed by atoms with E-state index >= 15 is 0 Å². The third kappa shape index (κ3) is 8.56. The number of likely N-dealkylation sites (N-methyl/N-ethyl adjacent to an activating group) is 1. The summed E-state index contributed by atoms with van der Waals surface area (Å²) in [5.41, 5.74) is 0. The molecule has 0 heterocycles. The lowest BCUT2D eigenvalue weighted by Gasteiger charge is -2.15. The van der Waals surface area contributed by atoms with E-state index in [0.717, 1.165) is 31.1 Å². The number of thioether (sulfide) groups is 1. The highest BCUT2D eigenvalue weighted by atomic mass is 32.2. The summed E-state index contributed by atoms with van der Waals surface area (Å²) >= 11 is 1.86. The number of hydrogen-bond acceptors (Lipinski definition) is 4. The number of nitrogens with one attached hydrogen (secondary N) is 1. The molecule has 0 aliphatic rings. The van der Waals surface area contributed by atoms with Crippen LogP contribution >= 0.6 is 11.8 Å². The molecule has 0 aromatic rings. The molecule has 0 aromatic carbocycles. The van der Waals surface area contributed by atoms with Gasteiger partial charge in [-0.15, -0.1) is 0 Å². The van der Waals surface area contributed by atoms with E-state index in [0.29, 0.717) is 12.6 Å². The summed E-state index contributed by atoms with van der Waals surface area (Å²) in [5.74, 6) is 2.09. The Bertz CT molecular complexity index is 97.6. The van der Waals surface area contributed by atoms with Crippen LogP contribution < -0.4 is 5.32 Å². The lowest BCUT2D eigenvalue weighted by atomic mass is 10.3. The van der Waals surface area contributed by atoms with Gasteiger partial charge in [-0.3, -0.25) is 0 Å². The van der Waals surface area contributed by atoms with Gasteiger partial charge < -0.3 is 15.2 Å². The van der Waals surface area contributed by atoms with Gasteiger partial charge in [0.05, 0.1) is 6.61 Å². The number of ether oxygens (including phenoxy) is 1. The van der Waals surface area contributed by atoms with Crippen molar-refractivity contribution in [1.82, 2.24) is 5.32 Å². The molecule has 0 rings (SSSR count). The molecule has 0 saturated carbocycles. The van der Waals surface area contributed by atoms with Crippen molar-refractivity contribution in [2.24, 2.45) is 0 Å². The molecule has 0 aromatic heterocycles. The Balaban J connectivity index is 3.33. The molecule has 0 saturated heterocycles. The zero-order chi connectivity index (χ0) is 9.94. The van der Waals surface area contributed by atoms with Gasteiger partial charge in [0.15, 0.2) is 0 Å². The molecule has 0 spiro atoms. The summed E-state index contributed by atoms with van der Waals surface area (Å²) in [7, 11) is 1.72. The van der Waals surface area contributed by atoms with Gasteiger partial charge in [0.2, 0.25) is 0 Å². The van der Waals surface area contributed by atoms with Crippen LogP contribution in [0.15, 0.2) is 0 Å². The van der Waals surface area contributed by atoms with E-state index < -0.39 is 0 Å². The van der Waals surface area contributed by atoms with E-state index in [1.807, 2.05) is 11.8 Å². The van der Waals surface area contributed by atoms with Crippen LogP contribution in [0.1, 0.15) is 13.3 Å². The minimum Gasteiger partial charge on any atom is -0.396 e. The van der Waals surface area contributed by atoms with Gasteiger partial charge in [-0.2, -0.15) is 11.8 Å². The second-order valence-electron chi connectivity index (χ2n) is 2.86. The van der Waals surface area contributed by atoms with Crippen LogP contribution in [0.5, 0.6) is 0 Å². The van der Waals surface area contributed by atoms with Crippen molar-refractivity contribution >= 4 is 11.8 Å². The second-order valence-corrected chi connectivity index (χ2v) is 4.01. The van der Waals surface area contributed by atoms with Gasteiger partial charge >= 0.3 is 0 Å². The smallest absolute Gasteiger partial charge is 0.0623 e. The largest absolute Gasteiger partial charge is 0.396 e. The molecule has 4 heteroatoms. The van der Waals surface area contributed by atoms with Crippen LogP contribution in [0.4, 0.5) is 0 Å². The van der Waals surface area contributed by atoms with Crippen LogP contribution in [0.3, 0.4) is 0 Å². The van der Waals surface area contributed by atoms with Gasteiger partial charge in [0.25, 0.3) is 0 Å². The van der Waals surface area contributed by atoms with Gasteiger partial charge in [-0.1, -0.05) is 6.92 Å². The number of methoxy groups -OCH3 is 1. The van der Waals surface area contributed by atoms with Gasteiger partial charge in [0, 0.05) is 25.5 Å². The lowest BCUT2D eigenvalue weighted by molar-refractivity contribution is 0.174. The predicted octanol–water partition coefficient (Wildman–Crippen LogP) is 0.726. The van der Waals surface area contributed by atoms with Crippen molar-refractivity contribution in [2.75, 3.05) is 38.4 Å². The Labute approximate surface area is 85.2 Å². The third-order valence-electron chi connectivity index (χ3n) is 1.63. The standard InChI is InChI=1S/C9H21NO2S/c1-3-10-9(7-12-2)8-13-6-4-5-11/h9-11H,3-8H2,1-2H3. The van der Waals surface area contributed by atoms with Gasteiger partial charge in [0.1, 0.15) is 0 Å². The Morgan fingerprint density at radius 1 is 1.54 bits per heavy atom. The molecule has 0 amide bonds. The zero-order valence-corrected chi connectivity index (χ0v) is 9.40. The second kappa shape index (κ2) is 10.3. The summed E-state index contributed by atoms with van der Waals surface area (Å²) in [6.45, 7) is 4.14. The van der Waals surface area contributed by atoms with Crippen molar-refractivity contribution in [1.29, 1.82) is 0 Å². The highest BCUT2D eigenvalue weighted by molar-refractivity contribution is 7.99. The number of aliphatic hydroxyl groups excluding tert-OH is 1. The van der Waals surface area contributed by atoms with Gasteiger partial charge in [-0.25, -0.2) is 0 Å². The highest BCUT2D eigenvalue weighted by Gasteiger charge is 2.05. The average molecular weight is 207 g/mol. The molecular formula is C9H21NO2S. The predicted molar refractivity (Wildman–Crippen MR) is 58.4 cm³/mol. The number of aliphatic hydroxyl groups is 1. The summed E-state index contributed by atoms with van der Waals surface area (Å²) in [5, 5.41) is 11.9. The van der Waals surface area contributed by atoms with Crippen LogP contribution in [-0.2, 0) is 4.74 Å². The van der Waals surface area contributed by atoms with E-state index in [1.54, 1.807) is 7.11 Å². The quantitative estimate of drug-likeness (QED) is 0.547. The van der Waals surface area contributed by atoms with E-state index in [1.165, 1.54) is 0 Å². The maximum absolute atomic E-state index is 8.58. The Hall–Kier alpha value is 0.230. The normalized spacial score (nSPS) is 13.2. The number of rotatable bonds is 9. The molecule has 0 bridgehead atoms. The molecule has 1 unspecified atom stereocenters. The third-order valence-corrected chi connectivity index (χ3v) is 2.84. The molecule has 0 radical (unpaired) electrons. The average Bonchev–Trinajstić information content (AvgIpc) is 2.13. The molecule has 3 nitrogen and oxygen atoms in total. The summed E-state index contributed by atoms with van der Waals surface area (Å²) in [4.78, 5) is 0. The van der Waals surface area contributed by atoms with Crippen molar-refractivity contribution in [3.05, 3.63) is 0 Å². The SMILES string of the molecule is CCNC(COC)CSCCCO. The minimum absolute atomic E-state index is 0.295. The first-order valence-electron chi connectivity index (χ1n) is 4.76. The van der Waals surface area contributed by atoms with Crippen LogP contribution in [0, 0.1) is 0 Å². The summed E-state index contributed by atoms with van der Waals surface area (Å²) < 4.78 is 5.09. The Kier molecular flexibility index (Phi) is 10.5. The maximum Gasteiger partial charge on any atom is 0.0623 e. The molecular weight excluding hydrogens is 186 g/mol. The van der Waals surface area contributed by atoms with Crippen LogP contribution in [0.25, 0.3) is 0 Å². The topological polar surface area (TPSA) is 41.5 Å². The molecule has 0 aliphatic carbocycles. The van der Waals surface area contributed by atoms with E-state index in [2.05, 4.69) is 12.2 Å².